The first-order chi connectivity index (χ1) is 15.5. The number of methoxy groups -OCH3 is 1. The molecule has 1 amide bonds. The molecular weight excluding hydrogens is 402 g/mol. The molecule has 0 saturated heterocycles. The Morgan fingerprint density at radius 1 is 0.938 bits per heavy atom. The molecule has 0 fully saturated rings. The van der Waals surface area contributed by atoms with Crippen molar-refractivity contribution in [1.82, 2.24) is 9.78 Å². The van der Waals surface area contributed by atoms with Crippen molar-refractivity contribution in [1.29, 1.82) is 0 Å². The Bertz CT molecular complexity index is 1330. The van der Waals surface area contributed by atoms with Crippen molar-refractivity contribution in [3.63, 3.8) is 0 Å². The molecule has 32 heavy (non-hydrogen) atoms. The number of benzene rings is 3. The highest BCUT2D eigenvalue weighted by atomic mass is 16.5. The zero-order valence-electron chi connectivity index (χ0n) is 18.1. The number of hydrogen-bond acceptors (Lipinski definition) is 4. The van der Waals surface area contributed by atoms with Gasteiger partial charge in [0.2, 0.25) is 5.43 Å². The van der Waals surface area contributed by atoms with Crippen LogP contribution in [0.25, 0.3) is 16.8 Å². The molecular formula is C26H23N3O3. The molecule has 0 aliphatic rings. The van der Waals surface area contributed by atoms with Crippen molar-refractivity contribution in [2.75, 3.05) is 12.4 Å². The predicted octanol–water partition coefficient (Wildman–Crippen LogP) is 4.78. The van der Waals surface area contributed by atoms with Gasteiger partial charge in [0.15, 0.2) is 0 Å². The number of aromatic nitrogens is 2. The molecule has 1 aromatic heterocycles. The van der Waals surface area contributed by atoms with E-state index in [1.54, 1.807) is 55.1 Å². The second-order valence-electron chi connectivity index (χ2n) is 7.44. The Kier molecular flexibility index (Phi) is 5.85. The fourth-order valence-corrected chi connectivity index (χ4v) is 3.44. The SMILES string of the molecule is COc1cccc(-c2c(NC(=O)c3ccccc3)n(-c3ccc(C)cc3)nc(C)c2=O)c1. The third kappa shape index (κ3) is 4.16. The first-order valence-electron chi connectivity index (χ1n) is 10.2. The van der Waals surface area contributed by atoms with Gasteiger partial charge in [-0.05, 0) is 55.8 Å². The summed E-state index contributed by atoms with van der Waals surface area (Å²) in [4.78, 5) is 26.4. The Balaban J connectivity index is 1.97. The smallest absolute Gasteiger partial charge is 0.256 e. The average molecular weight is 425 g/mol. The van der Waals surface area contributed by atoms with Gasteiger partial charge in [0.05, 0.1) is 18.4 Å². The lowest BCUT2D eigenvalue weighted by molar-refractivity contribution is 0.102. The summed E-state index contributed by atoms with van der Waals surface area (Å²) in [5.74, 6) is 0.575. The van der Waals surface area contributed by atoms with E-state index in [0.29, 0.717) is 34.0 Å². The van der Waals surface area contributed by atoms with Gasteiger partial charge in [-0.2, -0.15) is 5.10 Å². The summed E-state index contributed by atoms with van der Waals surface area (Å²) in [6, 6.07) is 23.8. The zero-order valence-corrected chi connectivity index (χ0v) is 18.1. The number of amides is 1. The van der Waals surface area contributed by atoms with Gasteiger partial charge in [-0.25, -0.2) is 4.68 Å². The quantitative estimate of drug-likeness (QED) is 0.500. The Morgan fingerprint density at radius 2 is 1.66 bits per heavy atom. The van der Waals surface area contributed by atoms with Crippen LogP contribution in [0.4, 0.5) is 5.82 Å². The van der Waals surface area contributed by atoms with Gasteiger partial charge >= 0.3 is 0 Å². The number of ether oxygens (including phenoxy) is 1. The van der Waals surface area contributed by atoms with Crippen LogP contribution in [0.15, 0.2) is 83.7 Å². The minimum atomic E-state index is -0.333. The van der Waals surface area contributed by atoms with Gasteiger partial charge in [0.1, 0.15) is 17.3 Å². The van der Waals surface area contributed by atoms with Crippen LogP contribution >= 0.6 is 0 Å². The number of anilines is 1. The molecule has 1 heterocycles. The van der Waals surface area contributed by atoms with Crippen molar-refractivity contribution in [3.8, 4) is 22.6 Å². The van der Waals surface area contributed by atoms with Crippen LogP contribution in [0.3, 0.4) is 0 Å². The molecule has 0 aliphatic heterocycles. The van der Waals surface area contributed by atoms with Gasteiger partial charge in [0, 0.05) is 5.56 Å². The Morgan fingerprint density at radius 3 is 2.34 bits per heavy atom. The van der Waals surface area contributed by atoms with Gasteiger partial charge in [-0.1, -0.05) is 48.0 Å². The minimum absolute atomic E-state index is 0.259. The molecule has 0 saturated carbocycles. The number of hydrogen-bond donors (Lipinski definition) is 1. The summed E-state index contributed by atoms with van der Waals surface area (Å²) >= 11 is 0. The van der Waals surface area contributed by atoms with Crippen LogP contribution in [0, 0.1) is 13.8 Å². The van der Waals surface area contributed by atoms with E-state index in [1.165, 1.54) is 0 Å². The van der Waals surface area contributed by atoms with Crippen molar-refractivity contribution in [2.45, 2.75) is 13.8 Å². The van der Waals surface area contributed by atoms with Crippen LogP contribution in [-0.2, 0) is 0 Å². The molecule has 6 nitrogen and oxygen atoms in total. The van der Waals surface area contributed by atoms with E-state index < -0.39 is 0 Å². The fourth-order valence-electron chi connectivity index (χ4n) is 3.44. The summed E-state index contributed by atoms with van der Waals surface area (Å²) in [6.07, 6.45) is 0. The molecule has 0 atom stereocenters. The lowest BCUT2D eigenvalue weighted by Gasteiger charge is -2.19. The first-order valence-corrected chi connectivity index (χ1v) is 10.2. The Labute approximate surface area is 186 Å². The molecule has 4 aromatic rings. The molecule has 160 valence electrons. The molecule has 0 unspecified atom stereocenters. The number of rotatable bonds is 5. The van der Waals surface area contributed by atoms with Crippen LogP contribution in [-0.4, -0.2) is 22.8 Å². The maximum Gasteiger partial charge on any atom is 0.256 e. The summed E-state index contributed by atoms with van der Waals surface area (Å²) in [7, 11) is 1.57. The van der Waals surface area contributed by atoms with E-state index in [0.717, 1.165) is 11.3 Å². The summed E-state index contributed by atoms with van der Waals surface area (Å²) in [5, 5.41) is 7.44. The summed E-state index contributed by atoms with van der Waals surface area (Å²) in [5.41, 5.74) is 3.34. The third-order valence-corrected chi connectivity index (χ3v) is 5.16. The topological polar surface area (TPSA) is 73.2 Å². The maximum absolute atomic E-state index is 13.3. The highest BCUT2D eigenvalue weighted by Gasteiger charge is 2.21. The molecule has 4 rings (SSSR count). The highest BCUT2D eigenvalue weighted by Crippen LogP contribution is 2.30. The van der Waals surface area contributed by atoms with Crippen LogP contribution in [0.5, 0.6) is 5.75 Å². The second-order valence-corrected chi connectivity index (χ2v) is 7.44. The molecule has 0 radical (unpaired) electrons. The van der Waals surface area contributed by atoms with Gasteiger partial charge in [-0.15, -0.1) is 0 Å². The second kappa shape index (κ2) is 8.89. The third-order valence-electron chi connectivity index (χ3n) is 5.16. The number of carbonyl (C=O) groups excluding carboxylic acids is 1. The minimum Gasteiger partial charge on any atom is -0.497 e. The van der Waals surface area contributed by atoms with Gasteiger partial charge < -0.3 is 10.1 Å². The standard InChI is InChI=1S/C26H23N3O3/c1-17-12-14-21(15-13-17)29-25(27-26(31)19-8-5-4-6-9-19)23(24(30)18(2)28-29)20-10-7-11-22(16-20)32-3/h4-16H,1-3H3,(H,27,31). The Hall–Kier alpha value is -4.19. The van der Waals surface area contributed by atoms with Crippen LogP contribution in [0.1, 0.15) is 21.6 Å². The van der Waals surface area contributed by atoms with Crippen molar-refractivity contribution >= 4 is 11.7 Å². The van der Waals surface area contributed by atoms with Crippen LogP contribution < -0.4 is 15.5 Å². The highest BCUT2D eigenvalue weighted by molar-refractivity contribution is 6.05. The van der Waals surface area contributed by atoms with Crippen molar-refractivity contribution in [2.24, 2.45) is 0 Å². The molecule has 0 aliphatic carbocycles. The first kappa shape index (κ1) is 21.1. The largest absolute Gasteiger partial charge is 0.497 e. The van der Waals surface area contributed by atoms with Gasteiger partial charge in [-0.3, -0.25) is 9.59 Å². The fraction of sp³-hybridized carbons (Fsp3) is 0.115. The normalized spacial score (nSPS) is 10.6. The number of nitrogens with one attached hydrogen (secondary N) is 1. The summed E-state index contributed by atoms with van der Waals surface area (Å²) in [6.45, 7) is 3.66. The van der Waals surface area contributed by atoms with E-state index in [9.17, 15) is 9.59 Å². The lowest BCUT2D eigenvalue weighted by Crippen LogP contribution is -2.25. The van der Waals surface area contributed by atoms with E-state index in [-0.39, 0.29) is 11.3 Å². The molecule has 0 bridgehead atoms. The molecule has 3 aromatic carbocycles. The molecule has 0 spiro atoms. The predicted molar refractivity (Wildman–Crippen MR) is 126 cm³/mol. The van der Waals surface area contributed by atoms with Crippen LogP contribution in [0.2, 0.25) is 0 Å². The van der Waals surface area contributed by atoms with E-state index >= 15 is 0 Å². The van der Waals surface area contributed by atoms with Crippen molar-refractivity contribution in [3.05, 3.63) is 106 Å². The molecule has 1 N–H and O–H groups in total. The monoisotopic (exact) mass is 425 g/mol. The zero-order chi connectivity index (χ0) is 22.7. The summed E-state index contributed by atoms with van der Waals surface area (Å²) < 4.78 is 6.96. The average Bonchev–Trinajstić information content (AvgIpc) is 2.82. The lowest BCUT2D eigenvalue weighted by atomic mass is 10.0. The van der Waals surface area contributed by atoms with E-state index in [2.05, 4.69) is 10.4 Å². The van der Waals surface area contributed by atoms with Gasteiger partial charge in [0.25, 0.3) is 5.91 Å². The van der Waals surface area contributed by atoms with E-state index in [4.69, 9.17) is 4.74 Å². The van der Waals surface area contributed by atoms with Crippen molar-refractivity contribution < 1.29 is 9.53 Å². The number of carbonyl (C=O) groups is 1. The number of aryl methyl sites for hydroxylation is 2. The number of nitrogens with zero attached hydrogens (tertiary/aromatic N) is 2. The molecule has 6 heteroatoms. The van der Waals surface area contributed by atoms with E-state index in [1.807, 2.05) is 49.4 Å². The maximum atomic E-state index is 13.3.